The van der Waals surface area contributed by atoms with E-state index in [0.717, 1.165) is 43.1 Å². The van der Waals surface area contributed by atoms with Gasteiger partial charge in [-0.3, -0.25) is 14.6 Å². The number of carbonyl (C=O) groups is 2. The van der Waals surface area contributed by atoms with Crippen molar-refractivity contribution in [1.29, 1.82) is 0 Å². The van der Waals surface area contributed by atoms with Gasteiger partial charge in [0.1, 0.15) is 5.82 Å². The summed E-state index contributed by atoms with van der Waals surface area (Å²) in [4.78, 5) is 38.5. The zero-order chi connectivity index (χ0) is 19.3. The molecular weight excluding hydrogens is 354 g/mol. The largest absolute Gasteiger partial charge is 0.352 e. The number of amides is 2. The number of benzene rings is 1. The molecule has 0 bridgehead atoms. The Morgan fingerprint density at radius 2 is 1.79 bits per heavy atom. The first-order chi connectivity index (χ1) is 13.7. The lowest BCUT2D eigenvalue weighted by Gasteiger charge is -2.34. The van der Waals surface area contributed by atoms with Crippen molar-refractivity contribution in [3.63, 3.8) is 0 Å². The molecule has 3 heterocycles. The van der Waals surface area contributed by atoms with Gasteiger partial charge < -0.3 is 14.7 Å². The summed E-state index contributed by atoms with van der Waals surface area (Å²) < 4.78 is 0. The number of nitrogens with zero attached hydrogens (tertiary/aromatic N) is 5. The molecule has 2 aliphatic rings. The van der Waals surface area contributed by atoms with E-state index in [1.54, 1.807) is 24.7 Å². The van der Waals surface area contributed by atoms with Crippen molar-refractivity contribution in [3.8, 4) is 0 Å². The summed E-state index contributed by atoms with van der Waals surface area (Å²) in [6, 6.07) is 7.76. The number of rotatable bonds is 4. The summed E-state index contributed by atoms with van der Waals surface area (Å²) in [5.74, 6) is 1.04. The monoisotopic (exact) mass is 377 g/mol. The first-order valence-corrected chi connectivity index (χ1v) is 9.59. The van der Waals surface area contributed by atoms with Crippen LogP contribution in [0.25, 0.3) is 6.08 Å². The minimum Gasteiger partial charge on any atom is -0.352 e. The van der Waals surface area contributed by atoms with Crippen LogP contribution in [0.2, 0.25) is 0 Å². The number of hydrogen-bond acceptors (Lipinski definition) is 5. The third kappa shape index (κ3) is 4.03. The number of piperazine rings is 1. The van der Waals surface area contributed by atoms with Crippen LogP contribution >= 0.6 is 0 Å². The molecule has 1 aromatic heterocycles. The normalized spacial score (nSPS) is 17.6. The summed E-state index contributed by atoms with van der Waals surface area (Å²) in [6.45, 7) is 3.60. The van der Waals surface area contributed by atoms with Gasteiger partial charge in [-0.1, -0.05) is 12.1 Å². The average Bonchev–Trinajstić information content (AvgIpc) is 3.19. The van der Waals surface area contributed by atoms with Gasteiger partial charge in [-0.05, 0) is 30.2 Å². The van der Waals surface area contributed by atoms with Gasteiger partial charge in [0.05, 0.1) is 6.20 Å². The van der Waals surface area contributed by atoms with Crippen LogP contribution in [0.1, 0.15) is 18.4 Å². The van der Waals surface area contributed by atoms with Crippen LogP contribution in [0.15, 0.2) is 48.9 Å². The Morgan fingerprint density at radius 1 is 1.00 bits per heavy atom. The van der Waals surface area contributed by atoms with E-state index in [-0.39, 0.29) is 11.8 Å². The molecule has 28 heavy (non-hydrogen) atoms. The molecule has 2 aliphatic heterocycles. The molecule has 2 amide bonds. The molecular formula is C21H23N5O2. The Balaban J connectivity index is 1.31. The lowest BCUT2D eigenvalue weighted by Crippen LogP contribution is -2.48. The van der Waals surface area contributed by atoms with Crippen LogP contribution < -0.4 is 9.80 Å². The van der Waals surface area contributed by atoms with Crippen molar-refractivity contribution in [3.05, 3.63) is 54.5 Å². The molecule has 1 aromatic carbocycles. The van der Waals surface area contributed by atoms with Crippen LogP contribution in [0.3, 0.4) is 0 Å². The highest BCUT2D eigenvalue weighted by Gasteiger charge is 2.22. The summed E-state index contributed by atoms with van der Waals surface area (Å²) in [6.07, 6.45) is 10.1. The maximum Gasteiger partial charge on any atom is 0.246 e. The smallest absolute Gasteiger partial charge is 0.246 e. The van der Waals surface area contributed by atoms with Gasteiger partial charge in [-0.25, -0.2) is 4.98 Å². The summed E-state index contributed by atoms with van der Waals surface area (Å²) >= 11 is 0. The maximum absolute atomic E-state index is 12.5. The lowest BCUT2D eigenvalue weighted by molar-refractivity contribution is -0.126. The van der Waals surface area contributed by atoms with Crippen LogP contribution in [-0.4, -0.2) is 59.4 Å². The molecule has 7 nitrogen and oxygen atoms in total. The third-order valence-corrected chi connectivity index (χ3v) is 5.16. The Labute approximate surface area is 164 Å². The fourth-order valence-corrected chi connectivity index (χ4v) is 3.57. The highest BCUT2D eigenvalue weighted by molar-refractivity contribution is 5.95. The Bertz CT molecular complexity index is 858. The van der Waals surface area contributed by atoms with E-state index in [2.05, 4.69) is 14.9 Å². The second kappa shape index (κ2) is 8.21. The summed E-state index contributed by atoms with van der Waals surface area (Å²) in [5.41, 5.74) is 1.87. The van der Waals surface area contributed by atoms with Crippen molar-refractivity contribution in [2.45, 2.75) is 12.8 Å². The fourth-order valence-electron chi connectivity index (χ4n) is 3.57. The Morgan fingerprint density at radius 3 is 2.43 bits per heavy atom. The van der Waals surface area contributed by atoms with Gasteiger partial charge in [0, 0.05) is 63.3 Å². The standard InChI is InChI=1S/C21H23N5O2/c27-20(25-14-12-24(13-15-25)19-16-22-9-10-23-19)8-5-17-3-6-18(7-4-17)26-11-1-2-21(26)28/h3-10,16H,1-2,11-15H2. The first kappa shape index (κ1) is 18.2. The lowest BCUT2D eigenvalue weighted by atomic mass is 10.1. The number of hydrogen-bond donors (Lipinski definition) is 0. The minimum atomic E-state index is 0.0117. The van der Waals surface area contributed by atoms with E-state index >= 15 is 0 Å². The minimum absolute atomic E-state index is 0.0117. The Hall–Kier alpha value is -3.22. The predicted octanol–water partition coefficient (Wildman–Crippen LogP) is 1.97. The van der Waals surface area contributed by atoms with Gasteiger partial charge >= 0.3 is 0 Å². The third-order valence-electron chi connectivity index (χ3n) is 5.16. The van der Waals surface area contributed by atoms with E-state index < -0.39 is 0 Å². The van der Waals surface area contributed by atoms with Gasteiger partial charge in [0.15, 0.2) is 0 Å². The molecule has 7 heteroatoms. The maximum atomic E-state index is 12.5. The van der Waals surface area contributed by atoms with Gasteiger partial charge in [0.2, 0.25) is 11.8 Å². The van der Waals surface area contributed by atoms with E-state index in [4.69, 9.17) is 0 Å². The highest BCUT2D eigenvalue weighted by atomic mass is 16.2. The van der Waals surface area contributed by atoms with Crippen LogP contribution in [0.4, 0.5) is 11.5 Å². The molecule has 0 saturated carbocycles. The molecule has 0 unspecified atom stereocenters. The van der Waals surface area contributed by atoms with Crippen molar-refractivity contribution in [2.24, 2.45) is 0 Å². The predicted molar refractivity (Wildman–Crippen MR) is 108 cm³/mol. The molecule has 0 spiro atoms. The van der Waals surface area contributed by atoms with Crippen LogP contribution in [0.5, 0.6) is 0 Å². The first-order valence-electron chi connectivity index (χ1n) is 9.59. The Kier molecular flexibility index (Phi) is 5.32. The molecule has 2 saturated heterocycles. The van der Waals surface area contributed by atoms with Crippen molar-refractivity contribution in [2.75, 3.05) is 42.5 Å². The van der Waals surface area contributed by atoms with Gasteiger partial charge in [-0.2, -0.15) is 0 Å². The SMILES string of the molecule is O=C(C=Cc1ccc(N2CCCC2=O)cc1)N1CCN(c2cnccn2)CC1. The second-order valence-corrected chi connectivity index (χ2v) is 6.95. The van der Waals surface area contributed by atoms with Crippen molar-refractivity contribution in [1.82, 2.24) is 14.9 Å². The summed E-state index contributed by atoms with van der Waals surface area (Å²) in [7, 11) is 0. The van der Waals surface area contributed by atoms with Gasteiger partial charge in [0.25, 0.3) is 0 Å². The summed E-state index contributed by atoms with van der Waals surface area (Å²) in [5, 5.41) is 0. The van der Waals surface area contributed by atoms with Crippen LogP contribution in [0, 0.1) is 0 Å². The second-order valence-electron chi connectivity index (χ2n) is 6.95. The number of anilines is 2. The molecule has 0 atom stereocenters. The van der Waals surface area contributed by atoms with Crippen molar-refractivity contribution >= 4 is 29.4 Å². The highest BCUT2D eigenvalue weighted by Crippen LogP contribution is 2.22. The van der Waals surface area contributed by atoms with Gasteiger partial charge in [-0.15, -0.1) is 0 Å². The molecule has 144 valence electrons. The van der Waals surface area contributed by atoms with E-state index in [1.165, 1.54) is 0 Å². The quantitative estimate of drug-likeness (QED) is 0.762. The molecule has 0 radical (unpaired) electrons. The molecule has 2 aromatic rings. The van der Waals surface area contributed by atoms with Crippen molar-refractivity contribution < 1.29 is 9.59 Å². The molecule has 2 fully saturated rings. The topological polar surface area (TPSA) is 69.6 Å². The molecule has 0 aliphatic carbocycles. The molecule has 4 rings (SSSR count). The van der Waals surface area contributed by atoms with E-state index in [1.807, 2.05) is 40.1 Å². The van der Waals surface area contributed by atoms with E-state index in [0.29, 0.717) is 19.5 Å². The zero-order valence-corrected chi connectivity index (χ0v) is 15.7. The molecule has 0 N–H and O–H groups in total. The average molecular weight is 377 g/mol. The fraction of sp³-hybridized carbons (Fsp3) is 0.333. The van der Waals surface area contributed by atoms with Crippen LogP contribution in [-0.2, 0) is 9.59 Å². The zero-order valence-electron chi connectivity index (χ0n) is 15.7. The van der Waals surface area contributed by atoms with E-state index in [9.17, 15) is 9.59 Å². The number of aromatic nitrogens is 2. The number of carbonyl (C=O) groups excluding carboxylic acids is 2.